The molecule has 5 N–H and O–H groups in total. The second-order valence-corrected chi connectivity index (χ2v) is 9.48. The van der Waals surface area contributed by atoms with Gasteiger partial charge in [-0.1, -0.05) is 30.3 Å². The number of halogens is 3. The zero-order valence-electron chi connectivity index (χ0n) is 22.5. The fraction of sp³-hybridized carbons (Fsp3) is 0.276. The number of likely N-dealkylation sites (tertiary alicyclic amines) is 1. The third kappa shape index (κ3) is 8.05. The van der Waals surface area contributed by atoms with Crippen LogP contribution < -0.4 is 11.3 Å². The normalized spacial score (nSPS) is 15.2. The lowest BCUT2D eigenvalue weighted by atomic mass is 9.89. The van der Waals surface area contributed by atoms with E-state index < -0.39 is 18.1 Å². The Kier molecular flexibility index (Phi) is 10.2. The molecule has 2 unspecified atom stereocenters. The van der Waals surface area contributed by atoms with Crippen LogP contribution in [0.1, 0.15) is 34.3 Å². The Labute approximate surface area is 238 Å². The van der Waals surface area contributed by atoms with Crippen molar-refractivity contribution in [2.75, 3.05) is 13.7 Å². The van der Waals surface area contributed by atoms with Crippen molar-refractivity contribution in [3.05, 3.63) is 93.9 Å². The average Bonchev–Trinajstić information content (AvgIpc) is 3.45. The molecule has 0 saturated carbocycles. The summed E-state index contributed by atoms with van der Waals surface area (Å²) in [5.41, 5.74) is 9.17. The Bertz CT molecular complexity index is 1480. The summed E-state index contributed by atoms with van der Waals surface area (Å²) in [5, 5.41) is 14.8. The predicted molar refractivity (Wildman–Crippen MR) is 147 cm³/mol. The van der Waals surface area contributed by atoms with Gasteiger partial charge in [0, 0.05) is 36.0 Å². The van der Waals surface area contributed by atoms with Crippen LogP contribution in [0.5, 0.6) is 0 Å². The number of pyridine rings is 1. The van der Waals surface area contributed by atoms with Crippen LogP contribution in [0.15, 0.2) is 71.7 Å². The van der Waals surface area contributed by atoms with Crippen molar-refractivity contribution in [2.45, 2.75) is 31.5 Å². The van der Waals surface area contributed by atoms with Gasteiger partial charge in [-0.05, 0) is 60.2 Å². The monoisotopic (exact) mass is 586 g/mol. The highest BCUT2D eigenvalue weighted by molar-refractivity contribution is 5.96. The summed E-state index contributed by atoms with van der Waals surface area (Å²) in [4.78, 5) is 50.9. The number of methoxy groups -OCH3 is 1. The van der Waals surface area contributed by atoms with E-state index in [1.807, 2.05) is 24.3 Å². The van der Waals surface area contributed by atoms with E-state index >= 15 is 0 Å². The standard InChI is InChI=1S/C27H28N4O4.C2HF3O2/c1-35-27(34)22(15-17-4-2-5-20(14-17)25(28)29)23-6-3-13-31(23)26(33)19-9-7-18(8-10-19)21-11-12-24(32)30-16-21;3-2(4,5)1(6)7/h2,4-5,7-12,14,16,22-23H,3,6,13,15H2,1H3,(H3,28,29)(H,30,32);(H,6,7). The summed E-state index contributed by atoms with van der Waals surface area (Å²) in [6.45, 7) is 0.562. The lowest BCUT2D eigenvalue weighted by Crippen LogP contribution is -2.44. The van der Waals surface area contributed by atoms with E-state index in [0.29, 0.717) is 30.5 Å². The Balaban J connectivity index is 0.000000616. The number of carboxylic acid groups (broad SMARTS) is 1. The number of ether oxygens (including phenoxy) is 1. The number of amides is 1. The number of nitrogens with zero attached hydrogens (tertiary/aromatic N) is 1. The van der Waals surface area contributed by atoms with Crippen LogP contribution in [-0.2, 0) is 20.7 Å². The number of amidine groups is 1. The highest BCUT2D eigenvalue weighted by atomic mass is 19.4. The van der Waals surface area contributed by atoms with Crippen molar-refractivity contribution < 1.29 is 37.4 Å². The van der Waals surface area contributed by atoms with E-state index in [2.05, 4.69) is 4.98 Å². The number of carbonyl (C=O) groups is 3. The summed E-state index contributed by atoms with van der Waals surface area (Å²) >= 11 is 0. The number of H-pyrrole nitrogens is 1. The van der Waals surface area contributed by atoms with Crippen molar-refractivity contribution >= 4 is 23.7 Å². The molecule has 2 atom stereocenters. The predicted octanol–water partition coefficient (Wildman–Crippen LogP) is 3.60. The first-order valence-electron chi connectivity index (χ1n) is 12.7. The van der Waals surface area contributed by atoms with Gasteiger partial charge >= 0.3 is 18.1 Å². The fourth-order valence-electron chi connectivity index (χ4n) is 4.67. The lowest BCUT2D eigenvalue weighted by molar-refractivity contribution is -0.192. The number of aromatic nitrogens is 1. The second kappa shape index (κ2) is 13.6. The Morgan fingerprint density at radius 1 is 1.10 bits per heavy atom. The lowest BCUT2D eigenvalue weighted by Gasteiger charge is -2.30. The molecule has 0 aliphatic carbocycles. The van der Waals surface area contributed by atoms with E-state index in [1.54, 1.807) is 41.4 Å². The van der Waals surface area contributed by atoms with Gasteiger partial charge in [0.05, 0.1) is 13.0 Å². The Morgan fingerprint density at radius 2 is 1.74 bits per heavy atom. The van der Waals surface area contributed by atoms with Gasteiger partial charge in [0.2, 0.25) is 5.56 Å². The van der Waals surface area contributed by atoms with Crippen LogP contribution in [0.2, 0.25) is 0 Å². The highest BCUT2D eigenvalue weighted by Crippen LogP contribution is 2.30. The summed E-state index contributed by atoms with van der Waals surface area (Å²) in [6.07, 6.45) is -1.56. The zero-order chi connectivity index (χ0) is 31.0. The third-order valence-electron chi connectivity index (χ3n) is 6.71. The van der Waals surface area contributed by atoms with Crippen LogP contribution in [-0.4, -0.2) is 64.5 Å². The number of hydrogen-bond acceptors (Lipinski definition) is 6. The van der Waals surface area contributed by atoms with Crippen LogP contribution in [0, 0.1) is 11.3 Å². The number of carboxylic acids is 1. The molecule has 1 aliphatic rings. The van der Waals surface area contributed by atoms with Crippen LogP contribution in [0.3, 0.4) is 0 Å². The molecule has 0 bridgehead atoms. The number of alkyl halides is 3. The van der Waals surface area contributed by atoms with Gasteiger partial charge in [-0.25, -0.2) is 4.79 Å². The number of aliphatic carboxylic acids is 1. The Hall–Kier alpha value is -4.94. The molecule has 13 heteroatoms. The summed E-state index contributed by atoms with van der Waals surface area (Å²) in [7, 11) is 1.36. The molecule has 4 rings (SSSR count). The van der Waals surface area contributed by atoms with Gasteiger partial charge in [-0.2, -0.15) is 13.2 Å². The van der Waals surface area contributed by atoms with E-state index in [1.165, 1.54) is 13.2 Å². The zero-order valence-corrected chi connectivity index (χ0v) is 22.5. The van der Waals surface area contributed by atoms with E-state index in [0.717, 1.165) is 23.1 Å². The number of benzene rings is 2. The quantitative estimate of drug-likeness (QED) is 0.186. The summed E-state index contributed by atoms with van der Waals surface area (Å²) in [6, 6.07) is 17.4. The molecule has 3 aromatic rings. The van der Waals surface area contributed by atoms with Gasteiger partial charge in [-0.3, -0.25) is 19.8 Å². The molecule has 1 aromatic heterocycles. The molecule has 42 heavy (non-hydrogen) atoms. The number of nitrogens with two attached hydrogens (primary N) is 1. The van der Waals surface area contributed by atoms with E-state index in [9.17, 15) is 27.6 Å². The number of aromatic amines is 1. The Morgan fingerprint density at radius 3 is 2.29 bits per heavy atom. The van der Waals surface area contributed by atoms with Gasteiger partial charge in [0.25, 0.3) is 5.91 Å². The molecule has 222 valence electrons. The molecule has 0 radical (unpaired) electrons. The molecule has 2 aromatic carbocycles. The summed E-state index contributed by atoms with van der Waals surface area (Å²) in [5.74, 6) is -3.82. The maximum atomic E-state index is 13.4. The number of nitrogens with one attached hydrogen (secondary N) is 2. The van der Waals surface area contributed by atoms with Crippen molar-refractivity contribution in [3.8, 4) is 11.1 Å². The first kappa shape index (κ1) is 31.6. The van der Waals surface area contributed by atoms with Crippen LogP contribution in [0.4, 0.5) is 13.2 Å². The van der Waals surface area contributed by atoms with Gasteiger partial charge in [0.1, 0.15) is 5.84 Å². The van der Waals surface area contributed by atoms with Gasteiger partial charge in [0.15, 0.2) is 0 Å². The molecule has 1 fully saturated rings. The minimum absolute atomic E-state index is 0.0375. The minimum atomic E-state index is -5.08. The summed E-state index contributed by atoms with van der Waals surface area (Å²) < 4.78 is 36.8. The van der Waals surface area contributed by atoms with Crippen molar-refractivity contribution in [1.82, 2.24) is 9.88 Å². The number of esters is 1. The fourth-order valence-corrected chi connectivity index (χ4v) is 4.67. The van der Waals surface area contributed by atoms with Gasteiger partial charge < -0.3 is 25.5 Å². The molecule has 2 heterocycles. The molecule has 1 saturated heterocycles. The van der Waals surface area contributed by atoms with Crippen LogP contribution >= 0.6 is 0 Å². The van der Waals surface area contributed by atoms with Crippen molar-refractivity contribution in [2.24, 2.45) is 11.7 Å². The van der Waals surface area contributed by atoms with Crippen molar-refractivity contribution in [1.29, 1.82) is 5.41 Å². The molecule has 1 aliphatic heterocycles. The van der Waals surface area contributed by atoms with E-state index in [4.69, 9.17) is 25.8 Å². The first-order valence-corrected chi connectivity index (χ1v) is 12.7. The molecule has 1 amide bonds. The minimum Gasteiger partial charge on any atom is -0.475 e. The average molecular weight is 587 g/mol. The topological polar surface area (TPSA) is 167 Å². The second-order valence-electron chi connectivity index (χ2n) is 9.48. The van der Waals surface area contributed by atoms with Crippen LogP contribution in [0.25, 0.3) is 11.1 Å². The maximum Gasteiger partial charge on any atom is 0.490 e. The first-order chi connectivity index (χ1) is 19.8. The smallest absolute Gasteiger partial charge is 0.475 e. The van der Waals surface area contributed by atoms with Crippen molar-refractivity contribution in [3.63, 3.8) is 0 Å². The highest BCUT2D eigenvalue weighted by Gasteiger charge is 2.39. The van der Waals surface area contributed by atoms with Gasteiger partial charge in [-0.15, -0.1) is 0 Å². The largest absolute Gasteiger partial charge is 0.490 e. The number of hydrogen-bond donors (Lipinski definition) is 4. The maximum absolute atomic E-state index is 13.4. The molecular weight excluding hydrogens is 557 g/mol. The third-order valence-corrected chi connectivity index (χ3v) is 6.71. The number of nitrogen functional groups attached to an aromatic ring is 1. The molecule has 10 nitrogen and oxygen atoms in total. The number of carbonyl (C=O) groups excluding carboxylic acids is 2. The van der Waals surface area contributed by atoms with E-state index in [-0.39, 0.29) is 29.3 Å². The number of rotatable bonds is 7. The SMILES string of the molecule is COC(=O)C(Cc1cccc(C(=N)N)c1)C1CCCN1C(=O)c1ccc(-c2ccc(=O)[nH]c2)cc1.O=C(O)C(F)(F)F. The molecule has 0 spiro atoms. The molecular formula is C29H29F3N4O6.